The second-order valence-corrected chi connectivity index (χ2v) is 7.26. The second-order valence-electron chi connectivity index (χ2n) is 7.26. The number of benzene rings is 1. The van der Waals surface area contributed by atoms with Crippen molar-refractivity contribution in [2.75, 3.05) is 7.11 Å². The summed E-state index contributed by atoms with van der Waals surface area (Å²) in [5.41, 5.74) is 3.25. The van der Waals surface area contributed by atoms with Gasteiger partial charge >= 0.3 is 7.12 Å². The Labute approximate surface area is 144 Å². The minimum Gasteiger partial charge on any atom is -0.497 e. The van der Waals surface area contributed by atoms with Crippen molar-refractivity contribution >= 4 is 12.6 Å². The van der Waals surface area contributed by atoms with Crippen LogP contribution in [0.25, 0.3) is 11.3 Å². The third-order valence-electron chi connectivity index (χ3n) is 4.95. The number of aromatic nitrogens is 1. The number of pyridine rings is 1. The molecule has 1 saturated heterocycles. The van der Waals surface area contributed by atoms with Crippen LogP contribution in [0.15, 0.2) is 36.5 Å². The molecule has 0 atom stereocenters. The van der Waals surface area contributed by atoms with E-state index in [-0.39, 0.29) is 11.2 Å². The molecule has 1 fully saturated rings. The first kappa shape index (κ1) is 17.0. The Kier molecular flexibility index (Phi) is 4.18. The van der Waals surface area contributed by atoms with Crippen molar-refractivity contribution in [3.63, 3.8) is 0 Å². The summed E-state index contributed by atoms with van der Waals surface area (Å²) in [5, 5.41) is 0. The Hall–Kier alpha value is -1.85. The quantitative estimate of drug-likeness (QED) is 0.812. The molecule has 1 aromatic carbocycles. The highest BCUT2D eigenvalue weighted by molar-refractivity contribution is 6.63. The summed E-state index contributed by atoms with van der Waals surface area (Å²) in [5.74, 6) is 0.745. The second kappa shape index (κ2) is 5.90. The number of ether oxygens (including phenoxy) is 1. The van der Waals surface area contributed by atoms with Gasteiger partial charge in [-0.15, -0.1) is 0 Å². The minimum atomic E-state index is -0.440. The lowest BCUT2D eigenvalue weighted by atomic mass is 9.77. The fourth-order valence-corrected chi connectivity index (χ4v) is 2.73. The SMILES string of the molecule is COc1cc(-c2cc(C)ccn2)ccc1B1OC(C)(C)C(C)(C)O1. The summed E-state index contributed by atoms with van der Waals surface area (Å²) < 4.78 is 17.9. The molecule has 2 aromatic rings. The molecule has 0 aliphatic carbocycles. The average Bonchev–Trinajstić information content (AvgIpc) is 2.74. The number of nitrogens with zero attached hydrogens (tertiary/aromatic N) is 1. The normalized spacial score (nSPS) is 18.7. The summed E-state index contributed by atoms with van der Waals surface area (Å²) in [6.45, 7) is 10.2. The Morgan fingerprint density at radius 3 is 2.25 bits per heavy atom. The number of rotatable bonds is 3. The Bertz CT molecular complexity index is 742. The van der Waals surface area contributed by atoms with Crippen molar-refractivity contribution in [3.8, 4) is 17.0 Å². The predicted octanol–water partition coefficient (Wildman–Crippen LogP) is 3.36. The number of hydrogen-bond donors (Lipinski definition) is 0. The zero-order valence-corrected chi connectivity index (χ0v) is 15.2. The van der Waals surface area contributed by atoms with Crippen LogP contribution in [0.5, 0.6) is 5.75 Å². The molecule has 1 aromatic heterocycles. The van der Waals surface area contributed by atoms with Crippen LogP contribution in [0.3, 0.4) is 0 Å². The van der Waals surface area contributed by atoms with E-state index in [0.29, 0.717) is 0 Å². The van der Waals surface area contributed by atoms with Gasteiger partial charge in [0, 0.05) is 17.2 Å². The zero-order valence-electron chi connectivity index (χ0n) is 15.2. The van der Waals surface area contributed by atoms with E-state index in [4.69, 9.17) is 14.0 Å². The van der Waals surface area contributed by atoms with Gasteiger partial charge in [0.05, 0.1) is 24.0 Å². The maximum absolute atomic E-state index is 6.14. The van der Waals surface area contributed by atoms with E-state index in [0.717, 1.165) is 22.5 Å². The van der Waals surface area contributed by atoms with Crippen LogP contribution in [-0.2, 0) is 9.31 Å². The predicted molar refractivity (Wildman–Crippen MR) is 96.7 cm³/mol. The van der Waals surface area contributed by atoms with Crippen molar-refractivity contribution in [2.45, 2.75) is 45.8 Å². The van der Waals surface area contributed by atoms with Crippen LogP contribution in [0.2, 0.25) is 0 Å². The molecule has 0 amide bonds. The molecule has 5 heteroatoms. The van der Waals surface area contributed by atoms with Crippen LogP contribution in [0.1, 0.15) is 33.3 Å². The molecule has 0 N–H and O–H groups in total. The van der Waals surface area contributed by atoms with Crippen molar-refractivity contribution in [1.82, 2.24) is 4.98 Å². The van der Waals surface area contributed by atoms with Gasteiger partial charge in [-0.05, 0) is 58.4 Å². The summed E-state index contributed by atoms with van der Waals surface area (Å²) in [6.07, 6.45) is 1.82. The molecular formula is C19H24BNO3. The molecule has 0 saturated carbocycles. The molecule has 126 valence electrons. The molecule has 1 aliphatic heterocycles. The number of hydrogen-bond acceptors (Lipinski definition) is 4. The highest BCUT2D eigenvalue weighted by Crippen LogP contribution is 2.37. The fraction of sp³-hybridized carbons (Fsp3) is 0.421. The topological polar surface area (TPSA) is 40.6 Å². The van der Waals surface area contributed by atoms with Crippen LogP contribution in [0, 0.1) is 6.92 Å². The van der Waals surface area contributed by atoms with Crippen molar-refractivity contribution < 1.29 is 14.0 Å². The molecule has 4 nitrogen and oxygen atoms in total. The molecule has 1 aliphatic rings. The summed E-state index contributed by atoms with van der Waals surface area (Å²) >= 11 is 0. The zero-order chi connectivity index (χ0) is 17.5. The highest BCUT2D eigenvalue weighted by Gasteiger charge is 2.52. The number of methoxy groups -OCH3 is 1. The van der Waals surface area contributed by atoms with Crippen molar-refractivity contribution in [3.05, 3.63) is 42.1 Å². The van der Waals surface area contributed by atoms with Gasteiger partial charge in [-0.2, -0.15) is 0 Å². The van der Waals surface area contributed by atoms with E-state index in [1.165, 1.54) is 5.56 Å². The molecule has 24 heavy (non-hydrogen) atoms. The van der Waals surface area contributed by atoms with Crippen molar-refractivity contribution in [1.29, 1.82) is 0 Å². The van der Waals surface area contributed by atoms with Gasteiger partial charge in [0.1, 0.15) is 5.75 Å². The van der Waals surface area contributed by atoms with Crippen LogP contribution in [0.4, 0.5) is 0 Å². The first-order valence-electron chi connectivity index (χ1n) is 8.20. The summed E-state index contributed by atoms with van der Waals surface area (Å²) in [6, 6.07) is 10.1. The molecule has 0 radical (unpaired) electrons. The average molecular weight is 325 g/mol. The summed E-state index contributed by atoms with van der Waals surface area (Å²) in [7, 11) is 1.22. The lowest BCUT2D eigenvalue weighted by Crippen LogP contribution is -2.41. The molecular weight excluding hydrogens is 301 g/mol. The van der Waals surface area contributed by atoms with Gasteiger partial charge in [0.2, 0.25) is 0 Å². The van der Waals surface area contributed by atoms with E-state index in [1.54, 1.807) is 7.11 Å². The first-order chi connectivity index (χ1) is 11.2. The number of aryl methyl sites for hydroxylation is 1. The third-order valence-corrected chi connectivity index (χ3v) is 4.95. The fourth-order valence-electron chi connectivity index (χ4n) is 2.73. The maximum Gasteiger partial charge on any atom is 0.498 e. The van der Waals surface area contributed by atoms with E-state index < -0.39 is 7.12 Å². The largest absolute Gasteiger partial charge is 0.498 e. The van der Waals surface area contributed by atoms with E-state index >= 15 is 0 Å². The van der Waals surface area contributed by atoms with Gasteiger partial charge in [-0.1, -0.05) is 12.1 Å². The lowest BCUT2D eigenvalue weighted by Gasteiger charge is -2.32. The van der Waals surface area contributed by atoms with Crippen molar-refractivity contribution in [2.24, 2.45) is 0 Å². The molecule has 2 heterocycles. The third kappa shape index (κ3) is 2.94. The van der Waals surface area contributed by atoms with Crippen LogP contribution >= 0.6 is 0 Å². The molecule has 0 spiro atoms. The van der Waals surface area contributed by atoms with Gasteiger partial charge in [0.25, 0.3) is 0 Å². The Balaban J connectivity index is 1.97. The first-order valence-corrected chi connectivity index (χ1v) is 8.20. The molecule has 3 rings (SSSR count). The minimum absolute atomic E-state index is 0.376. The van der Waals surface area contributed by atoms with E-state index in [2.05, 4.69) is 18.0 Å². The molecule has 0 bridgehead atoms. The van der Waals surface area contributed by atoms with E-state index in [9.17, 15) is 0 Å². The summed E-state index contributed by atoms with van der Waals surface area (Å²) in [4.78, 5) is 4.44. The Morgan fingerprint density at radius 1 is 1.00 bits per heavy atom. The van der Waals surface area contributed by atoms with Gasteiger partial charge < -0.3 is 14.0 Å². The van der Waals surface area contributed by atoms with Gasteiger partial charge in [0.15, 0.2) is 0 Å². The van der Waals surface area contributed by atoms with Gasteiger partial charge in [-0.3, -0.25) is 4.98 Å². The highest BCUT2D eigenvalue weighted by atomic mass is 16.7. The monoisotopic (exact) mass is 325 g/mol. The van der Waals surface area contributed by atoms with Crippen LogP contribution in [-0.4, -0.2) is 30.4 Å². The van der Waals surface area contributed by atoms with Crippen LogP contribution < -0.4 is 10.2 Å². The molecule has 0 unspecified atom stereocenters. The Morgan fingerprint density at radius 2 is 1.67 bits per heavy atom. The van der Waals surface area contributed by atoms with E-state index in [1.807, 2.05) is 58.2 Å². The van der Waals surface area contributed by atoms with Gasteiger partial charge in [-0.25, -0.2) is 0 Å². The standard InChI is InChI=1S/C19H24BNO3/c1-13-9-10-21-16(11-13)14-7-8-15(17(12-14)22-6)20-23-18(2,3)19(4,5)24-20/h7-12H,1-6H3. The lowest BCUT2D eigenvalue weighted by molar-refractivity contribution is 0.00578. The maximum atomic E-state index is 6.14. The smallest absolute Gasteiger partial charge is 0.497 e.